The van der Waals surface area contributed by atoms with Gasteiger partial charge in [0.05, 0.1) is 18.9 Å². The Morgan fingerprint density at radius 2 is 1.71 bits per heavy atom. The Hall–Kier alpha value is -2.67. The Labute approximate surface area is 138 Å². The van der Waals surface area contributed by atoms with Crippen LogP contribution in [0.2, 0.25) is 0 Å². The topological polar surface area (TPSA) is 53.6 Å². The van der Waals surface area contributed by atoms with E-state index in [-0.39, 0.29) is 5.69 Å². The van der Waals surface area contributed by atoms with Crippen LogP contribution in [0.1, 0.15) is 0 Å². The van der Waals surface area contributed by atoms with Crippen LogP contribution in [0.4, 0.5) is 30.6 Å². The van der Waals surface area contributed by atoms with Gasteiger partial charge in [-0.1, -0.05) is 0 Å². The quantitative estimate of drug-likeness (QED) is 0.905. The average Bonchev–Trinajstić information content (AvgIpc) is 2.59. The number of carbonyl (C=O) groups is 1. The molecule has 0 radical (unpaired) electrons. The molecule has 2 aromatic rings. The number of amides is 2. The van der Waals surface area contributed by atoms with E-state index < -0.39 is 17.7 Å². The normalized spacial score (nSPS) is 14.3. The van der Waals surface area contributed by atoms with Gasteiger partial charge >= 0.3 is 6.03 Å². The van der Waals surface area contributed by atoms with E-state index in [1.54, 1.807) is 12.1 Å². The van der Waals surface area contributed by atoms with Crippen molar-refractivity contribution in [2.45, 2.75) is 0 Å². The van der Waals surface area contributed by atoms with E-state index in [0.29, 0.717) is 25.0 Å². The summed E-state index contributed by atoms with van der Waals surface area (Å²) in [5, 5.41) is 4.95. The van der Waals surface area contributed by atoms with Crippen LogP contribution in [0.5, 0.6) is 0 Å². The van der Waals surface area contributed by atoms with E-state index in [9.17, 15) is 13.6 Å². The van der Waals surface area contributed by atoms with Gasteiger partial charge in [-0.3, -0.25) is 0 Å². The van der Waals surface area contributed by atoms with Crippen molar-refractivity contribution in [3.8, 4) is 0 Å². The standard InChI is InChI=1S/C17H17F2N3O2/c18-12-1-6-16(15(19)11-12)21-17(23)20-13-2-4-14(5-3-13)22-7-9-24-10-8-22/h1-6,11H,7-10H2,(H2,20,21,23). The molecule has 1 saturated heterocycles. The molecule has 0 aliphatic carbocycles. The van der Waals surface area contributed by atoms with Crippen LogP contribution >= 0.6 is 0 Å². The number of nitrogens with zero attached hydrogens (tertiary/aromatic N) is 1. The van der Waals surface area contributed by atoms with Crippen molar-refractivity contribution < 1.29 is 18.3 Å². The minimum Gasteiger partial charge on any atom is -0.378 e. The Bertz CT molecular complexity index is 716. The molecule has 7 heteroatoms. The lowest BCUT2D eigenvalue weighted by molar-refractivity contribution is 0.122. The largest absolute Gasteiger partial charge is 0.378 e. The Kier molecular flexibility index (Phi) is 4.90. The van der Waals surface area contributed by atoms with Crippen LogP contribution in [0.25, 0.3) is 0 Å². The first-order valence-corrected chi connectivity index (χ1v) is 7.57. The third kappa shape index (κ3) is 3.99. The fourth-order valence-corrected chi connectivity index (χ4v) is 2.45. The Balaban J connectivity index is 1.59. The highest BCUT2D eigenvalue weighted by atomic mass is 19.1. The highest BCUT2D eigenvalue weighted by molar-refractivity contribution is 5.99. The van der Waals surface area contributed by atoms with Crippen LogP contribution in [0, 0.1) is 11.6 Å². The lowest BCUT2D eigenvalue weighted by Crippen LogP contribution is -2.36. The lowest BCUT2D eigenvalue weighted by atomic mass is 10.2. The van der Waals surface area contributed by atoms with Crippen molar-refractivity contribution in [3.05, 3.63) is 54.1 Å². The van der Waals surface area contributed by atoms with Crippen molar-refractivity contribution in [2.24, 2.45) is 0 Å². The van der Waals surface area contributed by atoms with Crippen LogP contribution in [-0.4, -0.2) is 32.3 Å². The zero-order valence-electron chi connectivity index (χ0n) is 12.9. The molecule has 0 aromatic heterocycles. The number of carbonyl (C=O) groups excluding carboxylic acids is 1. The summed E-state index contributed by atoms with van der Waals surface area (Å²) in [6.45, 7) is 3.06. The summed E-state index contributed by atoms with van der Waals surface area (Å²) >= 11 is 0. The van der Waals surface area contributed by atoms with Gasteiger partial charge in [0.15, 0.2) is 0 Å². The fraction of sp³-hybridized carbons (Fsp3) is 0.235. The number of hydrogen-bond acceptors (Lipinski definition) is 3. The fourth-order valence-electron chi connectivity index (χ4n) is 2.45. The zero-order valence-corrected chi connectivity index (χ0v) is 12.9. The third-order valence-electron chi connectivity index (χ3n) is 3.68. The predicted molar refractivity (Wildman–Crippen MR) is 88.5 cm³/mol. The second-order valence-electron chi connectivity index (χ2n) is 5.35. The van der Waals surface area contributed by atoms with E-state index >= 15 is 0 Å². The second kappa shape index (κ2) is 7.27. The molecule has 0 unspecified atom stereocenters. The number of urea groups is 1. The van der Waals surface area contributed by atoms with E-state index in [2.05, 4.69) is 15.5 Å². The molecule has 0 spiro atoms. The van der Waals surface area contributed by atoms with Crippen molar-refractivity contribution in [1.29, 1.82) is 0 Å². The van der Waals surface area contributed by atoms with Crippen LogP contribution in [0.15, 0.2) is 42.5 Å². The summed E-state index contributed by atoms with van der Waals surface area (Å²) in [5.74, 6) is -1.52. The molecular formula is C17H17F2N3O2. The van der Waals surface area contributed by atoms with Crippen molar-refractivity contribution in [2.75, 3.05) is 41.8 Å². The van der Waals surface area contributed by atoms with Crippen LogP contribution in [0.3, 0.4) is 0 Å². The molecule has 0 atom stereocenters. The molecule has 3 rings (SSSR count). The maximum Gasteiger partial charge on any atom is 0.323 e. The number of hydrogen-bond donors (Lipinski definition) is 2. The molecule has 1 aliphatic heterocycles. The molecule has 1 aliphatic rings. The molecule has 2 amide bonds. The highest BCUT2D eigenvalue weighted by Gasteiger charge is 2.12. The van der Waals surface area contributed by atoms with E-state index in [4.69, 9.17) is 4.74 Å². The minimum absolute atomic E-state index is 0.0844. The molecule has 2 N–H and O–H groups in total. The third-order valence-corrected chi connectivity index (χ3v) is 3.68. The summed E-state index contributed by atoms with van der Waals surface area (Å²) in [5.41, 5.74) is 1.54. The maximum absolute atomic E-state index is 13.5. The number of ether oxygens (including phenoxy) is 1. The molecule has 24 heavy (non-hydrogen) atoms. The van der Waals surface area contributed by atoms with Gasteiger partial charge < -0.3 is 20.3 Å². The van der Waals surface area contributed by atoms with Crippen molar-refractivity contribution in [1.82, 2.24) is 0 Å². The van der Waals surface area contributed by atoms with Crippen molar-refractivity contribution >= 4 is 23.1 Å². The van der Waals surface area contributed by atoms with Gasteiger partial charge in [0.1, 0.15) is 11.6 Å². The van der Waals surface area contributed by atoms with Gasteiger partial charge in [-0.05, 0) is 36.4 Å². The second-order valence-corrected chi connectivity index (χ2v) is 5.35. The average molecular weight is 333 g/mol. The summed E-state index contributed by atoms with van der Waals surface area (Å²) in [7, 11) is 0. The summed E-state index contributed by atoms with van der Waals surface area (Å²) in [4.78, 5) is 14.1. The van der Waals surface area contributed by atoms with Gasteiger partial charge in [0.2, 0.25) is 0 Å². The SMILES string of the molecule is O=C(Nc1ccc(N2CCOCC2)cc1)Nc1ccc(F)cc1F. The summed E-state index contributed by atoms with van der Waals surface area (Å²) in [6, 6.07) is 9.71. The van der Waals surface area contributed by atoms with Crippen LogP contribution < -0.4 is 15.5 Å². The number of benzene rings is 2. The van der Waals surface area contributed by atoms with Gasteiger partial charge in [0, 0.05) is 30.5 Å². The van der Waals surface area contributed by atoms with Gasteiger partial charge in [-0.25, -0.2) is 13.6 Å². The lowest BCUT2D eigenvalue weighted by Gasteiger charge is -2.28. The Morgan fingerprint density at radius 1 is 1.00 bits per heavy atom. The first-order valence-electron chi connectivity index (χ1n) is 7.57. The molecule has 1 fully saturated rings. The van der Waals surface area contributed by atoms with Gasteiger partial charge in [-0.2, -0.15) is 0 Å². The smallest absolute Gasteiger partial charge is 0.323 e. The zero-order chi connectivity index (χ0) is 16.9. The van der Waals surface area contributed by atoms with Gasteiger partial charge in [-0.15, -0.1) is 0 Å². The predicted octanol–water partition coefficient (Wildman–Crippen LogP) is 3.45. The monoisotopic (exact) mass is 333 g/mol. The van der Waals surface area contributed by atoms with E-state index in [1.807, 2.05) is 12.1 Å². The molecule has 2 aromatic carbocycles. The number of rotatable bonds is 3. The molecular weight excluding hydrogens is 316 g/mol. The maximum atomic E-state index is 13.5. The highest BCUT2D eigenvalue weighted by Crippen LogP contribution is 2.20. The first-order chi connectivity index (χ1) is 11.6. The Morgan fingerprint density at radius 3 is 2.38 bits per heavy atom. The number of morpholine rings is 1. The summed E-state index contributed by atoms with van der Waals surface area (Å²) < 4.78 is 31.7. The van der Waals surface area contributed by atoms with E-state index in [0.717, 1.165) is 24.8 Å². The summed E-state index contributed by atoms with van der Waals surface area (Å²) in [6.07, 6.45) is 0. The number of anilines is 3. The van der Waals surface area contributed by atoms with Crippen LogP contribution in [-0.2, 0) is 4.74 Å². The molecule has 0 bridgehead atoms. The van der Waals surface area contributed by atoms with Gasteiger partial charge in [0.25, 0.3) is 0 Å². The molecule has 126 valence electrons. The number of nitrogens with one attached hydrogen (secondary N) is 2. The number of halogens is 2. The minimum atomic E-state index is -0.826. The molecule has 5 nitrogen and oxygen atoms in total. The van der Waals surface area contributed by atoms with E-state index in [1.165, 1.54) is 6.07 Å². The van der Waals surface area contributed by atoms with Crippen molar-refractivity contribution in [3.63, 3.8) is 0 Å². The molecule has 0 saturated carbocycles. The molecule has 1 heterocycles. The first kappa shape index (κ1) is 16.2.